The summed E-state index contributed by atoms with van der Waals surface area (Å²) in [4.78, 5) is 3.95. The molecule has 3 nitrogen and oxygen atoms in total. The van der Waals surface area contributed by atoms with E-state index >= 15 is 0 Å². The molecule has 7 heteroatoms. The van der Waals surface area contributed by atoms with Gasteiger partial charge in [0, 0.05) is 29.0 Å². The third kappa shape index (κ3) is 4.10. The molecule has 0 aliphatic heterocycles. The quantitative estimate of drug-likeness (QED) is 0.872. The molecular formula is C14H12BrF3N2O. The fraction of sp³-hybridized carbons (Fsp3) is 0.214. The Morgan fingerprint density at radius 3 is 2.67 bits per heavy atom. The summed E-state index contributed by atoms with van der Waals surface area (Å²) in [6.45, 7) is 0.240. The number of alkyl halides is 3. The molecule has 21 heavy (non-hydrogen) atoms. The van der Waals surface area contributed by atoms with Crippen LogP contribution in [-0.2, 0) is 12.7 Å². The summed E-state index contributed by atoms with van der Waals surface area (Å²) in [5.41, 5.74) is 0.0947. The van der Waals surface area contributed by atoms with Crippen molar-refractivity contribution in [2.45, 2.75) is 12.7 Å². The first-order valence-corrected chi connectivity index (χ1v) is 6.79. The van der Waals surface area contributed by atoms with Crippen molar-refractivity contribution in [3.63, 3.8) is 0 Å². The smallest absolute Gasteiger partial charge is 0.418 e. The number of nitrogens with one attached hydrogen (secondary N) is 1. The molecule has 0 fully saturated rings. The number of anilines is 1. The van der Waals surface area contributed by atoms with Crippen LogP contribution in [0, 0.1) is 0 Å². The number of nitrogens with zero attached hydrogens (tertiary/aromatic N) is 1. The minimum Gasteiger partial charge on any atom is -0.481 e. The van der Waals surface area contributed by atoms with Crippen LogP contribution in [0.15, 0.2) is 41.0 Å². The maximum Gasteiger partial charge on any atom is 0.418 e. The van der Waals surface area contributed by atoms with Gasteiger partial charge in [-0.3, -0.25) is 0 Å². The molecule has 1 heterocycles. The van der Waals surface area contributed by atoms with Gasteiger partial charge in [0.25, 0.3) is 0 Å². The van der Waals surface area contributed by atoms with Gasteiger partial charge < -0.3 is 10.1 Å². The number of rotatable bonds is 4. The van der Waals surface area contributed by atoms with E-state index < -0.39 is 11.7 Å². The van der Waals surface area contributed by atoms with Crippen LogP contribution in [0.3, 0.4) is 0 Å². The van der Waals surface area contributed by atoms with Gasteiger partial charge in [0.15, 0.2) is 0 Å². The van der Waals surface area contributed by atoms with E-state index in [0.717, 1.165) is 11.6 Å². The van der Waals surface area contributed by atoms with Crippen molar-refractivity contribution in [3.05, 3.63) is 52.1 Å². The number of hydrogen-bond acceptors (Lipinski definition) is 3. The standard InChI is InChI=1S/C14H12BrF3N2O/c1-21-13-6-9(4-5-19-13)8-20-12-3-2-10(15)7-11(12)14(16,17)18/h2-7,20H,8H2,1H3. The molecule has 1 aromatic carbocycles. The molecule has 0 radical (unpaired) electrons. The Morgan fingerprint density at radius 2 is 2.00 bits per heavy atom. The SMILES string of the molecule is COc1cc(CNc2ccc(Br)cc2C(F)(F)F)ccn1. The Bertz CT molecular complexity index is 632. The number of hydrogen-bond donors (Lipinski definition) is 1. The molecular weight excluding hydrogens is 349 g/mol. The van der Waals surface area contributed by atoms with E-state index in [0.29, 0.717) is 10.4 Å². The molecule has 1 N–H and O–H groups in total. The second-order valence-electron chi connectivity index (χ2n) is 4.25. The Morgan fingerprint density at radius 1 is 1.24 bits per heavy atom. The highest BCUT2D eigenvalue weighted by molar-refractivity contribution is 9.10. The van der Waals surface area contributed by atoms with Crippen LogP contribution in [0.1, 0.15) is 11.1 Å². The first-order chi connectivity index (χ1) is 9.90. The van der Waals surface area contributed by atoms with E-state index in [-0.39, 0.29) is 12.2 Å². The van der Waals surface area contributed by atoms with Crippen molar-refractivity contribution in [2.24, 2.45) is 0 Å². The lowest BCUT2D eigenvalue weighted by molar-refractivity contribution is -0.137. The summed E-state index contributed by atoms with van der Waals surface area (Å²) in [6, 6.07) is 7.38. The molecule has 112 valence electrons. The topological polar surface area (TPSA) is 34.1 Å². The molecule has 0 aliphatic carbocycles. The highest BCUT2D eigenvalue weighted by Gasteiger charge is 2.33. The third-order valence-corrected chi connectivity index (χ3v) is 3.27. The van der Waals surface area contributed by atoms with Gasteiger partial charge in [-0.05, 0) is 29.8 Å². The largest absolute Gasteiger partial charge is 0.481 e. The zero-order valence-corrected chi connectivity index (χ0v) is 12.6. The van der Waals surface area contributed by atoms with Gasteiger partial charge in [-0.1, -0.05) is 15.9 Å². The summed E-state index contributed by atoms with van der Waals surface area (Å²) in [5, 5.41) is 2.79. The number of halogens is 4. The molecule has 0 amide bonds. The molecule has 1 aromatic heterocycles. The minimum atomic E-state index is -4.41. The van der Waals surface area contributed by atoms with E-state index in [2.05, 4.69) is 26.2 Å². The Labute approximate surface area is 128 Å². The Balaban J connectivity index is 2.20. The molecule has 0 aliphatic rings. The second-order valence-corrected chi connectivity index (χ2v) is 5.16. The Hall–Kier alpha value is -1.76. The van der Waals surface area contributed by atoms with Crippen LogP contribution in [0.5, 0.6) is 5.88 Å². The van der Waals surface area contributed by atoms with Crippen LogP contribution in [-0.4, -0.2) is 12.1 Å². The molecule has 0 unspecified atom stereocenters. The van der Waals surface area contributed by atoms with Gasteiger partial charge in [-0.2, -0.15) is 13.2 Å². The van der Waals surface area contributed by atoms with Crippen molar-refractivity contribution in [1.29, 1.82) is 0 Å². The highest BCUT2D eigenvalue weighted by Crippen LogP contribution is 2.36. The van der Waals surface area contributed by atoms with Crippen LogP contribution < -0.4 is 10.1 Å². The normalized spacial score (nSPS) is 11.3. The molecule has 2 aromatic rings. The van der Waals surface area contributed by atoms with Crippen molar-refractivity contribution < 1.29 is 17.9 Å². The lowest BCUT2D eigenvalue weighted by atomic mass is 10.1. The Kier molecular flexibility index (Phi) is 4.72. The summed E-state index contributed by atoms with van der Waals surface area (Å²) < 4.78 is 44.3. The summed E-state index contributed by atoms with van der Waals surface area (Å²) in [5.74, 6) is 0.418. The number of pyridine rings is 1. The highest BCUT2D eigenvalue weighted by atomic mass is 79.9. The average molecular weight is 361 g/mol. The predicted octanol–water partition coefficient (Wildman–Crippen LogP) is 4.48. The molecule has 0 saturated carbocycles. The first kappa shape index (κ1) is 15.6. The van der Waals surface area contributed by atoms with Gasteiger partial charge in [0.2, 0.25) is 5.88 Å². The van der Waals surface area contributed by atoms with Crippen molar-refractivity contribution >= 4 is 21.6 Å². The molecule has 0 saturated heterocycles. The first-order valence-electron chi connectivity index (χ1n) is 5.99. The van der Waals surface area contributed by atoms with E-state index in [1.807, 2.05) is 0 Å². The van der Waals surface area contributed by atoms with Gasteiger partial charge in [-0.15, -0.1) is 0 Å². The molecule has 0 spiro atoms. The lowest BCUT2D eigenvalue weighted by Crippen LogP contribution is -2.11. The van der Waals surface area contributed by atoms with Crippen LogP contribution in [0.4, 0.5) is 18.9 Å². The maximum atomic E-state index is 13.0. The average Bonchev–Trinajstić information content (AvgIpc) is 2.45. The van der Waals surface area contributed by atoms with Gasteiger partial charge >= 0.3 is 6.18 Å². The van der Waals surface area contributed by atoms with Gasteiger partial charge in [-0.25, -0.2) is 4.98 Å². The van der Waals surface area contributed by atoms with Crippen LogP contribution >= 0.6 is 15.9 Å². The fourth-order valence-corrected chi connectivity index (χ4v) is 2.14. The summed E-state index contributed by atoms with van der Waals surface area (Å²) >= 11 is 3.05. The molecule has 0 atom stereocenters. The summed E-state index contributed by atoms with van der Waals surface area (Å²) in [6.07, 6.45) is -2.87. The van der Waals surface area contributed by atoms with Crippen LogP contribution in [0.2, 0.25) is 0 Å². The molecule has 0 bridgehead atoms. The van der Waals surface area contributed by atoms with Crippen molar-refractivity contribution in [2.75, 3.05) is 12.4 Å². The number of methoxy groups -OCH3 is 1. The van der Waals surface area contributed by atoms with E-state index in [9.17, 15) is 13.2 Å². The van der Waals surface area contributed by atoms with Crippen LogP contribution in [0.25, 0.3) is 0 Å². The zero-order chi connectivity index (χ0) is 15.5. The third-order valence-electron chi connectivity index (χ3n) is 2.78. The number of benzene rings is 1. The van der Waals surface area contributed by atoms with Crippen molar-refractivity contribution in [1.82, 2.24) is 4.98 Å². The number of ether oxygens (including phenoxy) is 1. The van der Waals surface area contributed by atoms with E-state index in [4.69, 9.17) is 4.74 Å². The number of aromatic nitrogens is 1. The fourth-order valence-electron chi connectivity index (χ4n) is 1.77. The monoisotopic (exact) mass is 360 g/mol. The second kappa shape index (κ2) is 6.34. The summed E-state index contributed by atoms with van der Waals surface area (Å²) in [7, 11) is 1.48. The maximum absolute atomic E-state index is 13.0. The molecule has 2 rings (SSSR count). The van der Waals surface area contributed by atoms with Gasteiger partial charge in [0.1, 0.15) is 0 Å². The van der Waals surface area contributed by atoms with E-state index in [1.54, 1.807) is 24.4 Å². The lowest BCUT2D eigenvalue weighted by Gasteiger charge is -2.15. The minimum absolute atomic E-state index is 0.0291. The zero-order valence-electron chi connectivity index (χ0n) is 11.0. The van der Waals surface area contributed by atoms with Gasteiger partial charge in [0.05, 0.1) is 12.7 Å². The van der Waals surface area contributed by atoms with Crippen molar-refractivity contribution in [3.8, 4) is 5.88 Å². The van der Waals surface area contributed by atoms with E-state index in [1.165, 1.54) is 13.2 Å². The predicted molar refractivity (Wildman–Crippen MR) is 77.3 cm³/mol.